The van der Waals surface area contributed by atoms with Crippen molar-refractivity contribution in [2.45, 2.75) is 6.42 Å². The van der Waals surface area contributed by atoms with Crippen molar-refractivity contribution in [3.05, 3.63) is 75.5 Å². The summed E-state index contributed by atoms with van der Waals surface area (Å²) in [6.07, 6.45) is -0.0407. The number of halogens is 1. The Morgan fingerprint density at radius 2 is 1.85 bits per heavy atom. The summed E-state index contributed by atoms with van der Waals surface area (Å²) >= 11 is 5.98. The lowest BCUT2D eigenvalue weighted by atomic mass is 10.0. The monoisotopic (exact) mass is 379 g/mol. The molecule has 0 aliphatic heterocycles. The van der Waals surface area contributed by atoms with Gasteiger partial charge in [0, 0.05) is 10.6 Å². The Hall–Kier alpha value is -3.18. The van der Waals surface area contributed by atoms with Gasteiger partial charge in [0.1, 0.15) is 5.58 Å². The fraction of sp³-hybridized carbons (Fsp3) is 0.0952. The quantitative estimate of drug-likeness (QED) is 0.390. The number of methoxy groups -OCH3 is 1. The minimum absolute atomic E-state index is 0.0407. The molecule has 0 saturated heterocycles. The van der Waals surface area contributed by atoms with E-state index in [9.17, 15) is 9.59 Å². The van der Waals surface area contributed by atoms with Crippen LogP contribution < -0.4 is 5.43 Å². The number of carbonyl (C=O) groups is 1. The molecule has 0 spiro atoms. The van der Waals surface area contributed by atoms with Crippen LogP contribution in [0.4, 0.5) is 0 Å². The topological polar surface area (TPSA) is 69.4 Å². The van der Waals surface area contributed by atoms with Gasteiger partial charge in [-0.25, -0.2) is 4.98 Å². The summed E-state index contributed by atoms with van der Waals surface area (Å²) in [5.74, 6) is -0.430. The Labute approximate surface area is 159 Å². The summed E-state index contributed by atoms with van der Waals surface area (Å²) in [6.45, 7) is 0. The van der Waals surface area contributed by atoms with Gasteiger partial charge in [0.25, 0.3) is 0 Å². The molecule has 0 amide bonds. The van der Waals surface area contributed by atoms with Crippen LogP contribution in [0.15, 0.2) is 63.8 Å². The average molecular weight is 380 g/mol. The van der Waals surface area contributed by atoms with Gasteiger partial charge >= 0.3 is 5.97 Å². The van der Waals surface area contributed by atoms with Crippen LogP contribution in [0.5, 0.6) is 0 Å². The third kappa shape index (κ3) is 3.17. The number of fused-ring (bicyclic) bond motifs is 2. The second kappa shape index (κ2) is 6.85. The second-order valence-corrected chi connectivity index (χ2v) is 6.46. The highest BCUT2D eigenvalue weighted by molar-refractivity contribution is 6.30. The van der Waals surface area contributed by atoms with E-state index >= 15 is 0 Å². The maximum Gasteiger partial charge on any atom is 0.311 e. The maximum atomic E-state index is 12.9. The fourth-order valence-electron chi connectivity index (χ4n) is 2.99. The molecule has 0 N–H and O–H groups in total. The molecule has 134 valence electrons. The number of rotatable bonds is 3. The zero-order valence-corrected chi connectivity index (χ0v) is 15.1. The molecular weight excluding hydrogens is 366 g/mol. The third-order valence-electron chi connectivity index (χ3n) is 4.34. The molecule has 0 unspecified atom stereocenters. The lowest BCUT2D eigenvalue weighted by Crippen LogP contribution is -2.10. The summed E-state index contributed by atoms with van der Waals surface area (Å²) < 4.78 is 10.6. The highest BCUT2D eigenvalue weighted by Crippen LogP contribution is 2.28. The van der Waals surface area contributed by atoms with Gasteiger partial charge in [-0.1, -0.05) is 35.9 Å². The van der Waals surface area contributed by atoms with Crippen LogP contribution >= 0.6 is 11.6 Å². The first-order chi connectivity index (χ1) is 13.1. The van der Waals surface area contributed by atoms with Gasteiger partial charge in [-0.2, -0.15) is 0 Å². The molecule has 0 aliphatic rings. The Balaban J connectivity index is 2.03. The number of aromatic nitrogens is 1. The molecule has 0 fully saturated rings. The van der Waals surface area contributed by atoms with Crippen LogP contribution in [0.2, 0.25) is 5.02 Å². The second-order valence-electron chi connectivity index (χ2n) is 6.02. The molecule has 0 saturated carbocycles. The lowest BCUT2D eigenvalue weighted by molar-refractivity contribution is -0.139. The number of nitrogens with zero attached hydrogens (tertiary/aromatic N) is 1. The van der Waals surface area contributed by atoms with E-state index < -0.39 is 5.97 Å². The van der Waals surface area contributed by atoms with E-state index in [0.29, 0.717) is 32.6 Å². The molecule has 27 heavy (non-hydrogen) atoms. The molecule has 2 aromatic carbocycles. The standard InChI is InChI=1S/C21H14ClNO4/c1-26-19(24)11-17-15(12-6-8-13(22)9-7-12)10-16-20(25)14-4-2-3-5-18(14)27-21(16)23-17/h2-10H,11H2,1H3. The molecule has 2 heterocycles. The Morgan fingerprint density at radius 1 is 1.11 bits per heavy atom. The molecule has 0 radical (unpaired) electrons. The molecule has 2 aromatic heterocycles. The molecule has 5 nitrogen and oxygen atoms in total. The van der Waals surface area contributed by atoms with Gasteiger partial charge in [-0.05, 0) is 35.9 Å². The van der Waals surface area contributed by atoms with Crippen LogP contribution in [0.1, 0.15) is 5.69 Å². The van der Waals surface area contributed by atoms with Crippen molar-refractivity contribution in [2.24, 2.45) is 0 Å². The highest BCUT2D eigenvalue weighted by Gasteiger charge is 2.17. The number of benzene rings is 2. The molecule has 0 aliphatic carbocycles. The number of ether oxygens (including phenoxy) is 1. The first-order valence-electron chi connectivity index (χ1n) is 8.25. The van der Waals surface area contributed by atoms with Crippen molar-refractivity contribution in [3.8, 4) is 11.1 Å². The normalized spacial score (nSPS) is 11.0. The Kier molecular flexibility index (Phi) is 4.38. The molecule has 6 heteroatoms. The fourth-order valence-corrected chi connectivity index (χ4v) is 3.11. The van der Waals surface area contributed by atoms with Crippen molar-refractivity contribution in [2.75, 3.05) is 7.11 Å². The average Bonchev–Trinajstić information content (AvgIpc) is 2.68. The molecular formula is C21H14ClNO4. The van der Waals surface area contributed by atoms with Crippen LogP contribution in [0, 0.1) is 0 Å². The predicted molar refractivity (Wildman–Crippen MR) is 104 cm³/mol. The number of carbonyl (C=O) groups excluding carboxylic acids is 1. The predicted octanol–water partition coefficient (Wildman–Crippen LogP) is 4.38. The van der Waals surface area contributed by atoms with Crippen LogP contribution in [-0.4, -0.2) is 18.1 Å². The van der Waals surface area contributed by atoms with Crippen molar-refractivity contribution < 1.29 is 13.9 Å². The number of pyridine rings is 1. The zero-order chi connectivity index (χ0) is 19.0. The van der Waals surface area contributed by atoms with Gasteiger partial charge in [-0.15, -0.1) is 0 Å². The van der Waals surface area contributed by atoms with Crippen molar-refractivity contribution >= 4 is 39.6 Å². The zero-order valence-electron chi connectivity index (χ0n) is 14.4. The van der Waals surface area contributed by atoms with E-state index in [1.54, 1.807) is 42.5 Å². The number of hydrogen-bond donors (Lipinski definition) is 0. The van der Waals surface area contributed by atoms with E-state index in [1.165, 1.54) is 7.11 Å². The Morgan fingerprint density at radius 3 is 2.59 bits per heavy atom. The summed E-state index contributed by atoms with van der Waals surface area (Å²) in [4.78, 5) is 29.2. The van der Waals surface area contributed by atoms with Crippen molar-refractivity contribution in [1.29, 1.82) is 0 Å². The van der Waals surface area contributed by atoms with Crippen LogP contribution in [0.3, 0.4) is 0 Å². The summed E-state index contributed by atoms with van der Waals surface area (Å²) in [5, 5.41) is 1.43. The largest absolute Gasteiger partial charge is 0.469 e. The minimum Gasteiger partial charge on any atom is -0.469 e. The number of para-hydroxylation sites is 1. The number of hydrogen-bond acceptors (Lipinski definition) is 5. The van der Waals surface area contributed by atoms with E-state index in [2.05, 4.69) is 4.98 Å². The maximum absolute atomic E-state index is 12.9. The van der Waals surface area contributed by atoms with Gasteiger partial charge in [0.2, 0.25) is 11.1 Å². The molecule has 0 bridgehead atoms. The summed E-state index contributed by atoms with van der Waals surface area (Å²) in [6, 6.07) is 15.8. The molecule has 0 atom stereocenters. The third-order valence-corrected chi connectivity index (χ3v) is 4.60. The highest BCUT2D eigenvalue weighted by atomic mass is 35.5. The first kappa shape index (κ1) is 17.2. The Bertz CT molecular complexity index is 1230. The first-order valence-corrected chi connectivity index (χ1v) is 8.63. The van der Waals surface area contributed by atoms with E-state index in [1.807, 2.05) is 12.1 Å². The van der Waals surface area contributed by atoms with E-state index in [4.69, 9.17) is 20.8 Å². The van der Waals surface area contributed by atoms with Crippen LogP contribution in [0.25, 0.3) is 33.2 Å². The minimum atomic E-state index is -0.430. The SMILES string of the molecule is COC(=O)Cc1nc2oc3ccccc3c(=O)c2cc1-c1ccc(Cl)cc1. The lowest BCUT2D eigenvalue weighted by Gasteiger charge is -2.10. The number of esters is 1. The molecule has 4 rings (SSSR count). The van der Waals surface area contributed by atoms with Gasteiger partial charge < -0.3 is 9.15 Å². The van der Waals surface area contributed by atoms with Crippen LogP contribution in [-0.2, 0) is 16.0 Å². The van der Waals surface area contributed by atoms with Crippen molar-refractivity contribution in [3.63, 3.8) is 0 Å². The smallest absolute Gasteiger partial charge is 0.311 e. The van der Waals surface area contributed by atoms with E-state index in [-0.39, 0.29) is 17.6 Å². The molecule has 4 aromatic rings. The summed E-state index contributed by atoms with van der Waals surface area (Å²) in [5.41, 5.74) is 2.39. The van der Waals surface area contributed by atoms with Gasteiger partial charge in [0.05, 0.1) is 30.0 Å². The van der Waals surface area contributed by atoms with Gasteiger partial charge in [0.15, 0.2) is 0 Å². The van der Waals surface area contributed by atoms with Gasteiger partial charge in [-0.3, -0.25) is 9.59 Å². The van der Waals surface area contributed by atoms with Crippen molar-refractivity contribution in [1.82, 2.24) is 4.98 Å². The van der Waals surface area contributed by atoms with E-state index in [0.717, 1.165) is 5.56 Å². The summed E-state index contributed by atoms with van der Waals surface area (Å²) in [7, 11) is 1.32.